The Kier molecular flexibility index (Phi) is 8.94. The summed E-state index contributed by atoms with van der Waals surface area (Å²) in [6.45, 7) is 2.02. The highest BCUT2D eigenvalue weighted by Gasteiger charge is 2.38. The number of halogens is 1. The van der Waals surface area contributed by atoms with Crippen LogP contribution < -0.4 is 5.32 Å². The second-order valence-corrected chi connectivity index (χ2v) is 8.89. The van der Waals surface area contributed by atoms with Gasteiger partial charge >= 0.3 is 5.97 Å². The van der Waals surface area contributed by atoms with E-state index in [1.807, 2.05) is 54.6 Å². The molecule has 4 nitrogen and oxygen atoms in total. The summed E-state index contributed by atoms with van der Waals surface area (Å²) in [6.07, 6.45) is 0. The van der Waals surface area contributed by atoms with Crippen LogP contribution in [0.5, 0.6) is 0 Å². The van der Waals surface area contributed by atoms with Crippen LogP contribution in [0.2, 0.25) is 0 Å². The molecule has 0 spiro atoms. The average molecular weight is 512 g/mol. The third-order valence-corrected chi connectivity index (χ3v) is 7.18. The molecule has 1 amide bonds. The van der Waals surface area contributed by atoms with Crippen molar-refractivity contribution in [2.45, 2.75) is 17.7 Å². The first-order valence-electron chi connectivity index (χ1n) is 10.4. The van der Waals surface area contributed by atoms with E-state index in [2.05, 4.69) is 57.6 Å². The van der Waals surface area contributed by atoms with E-state index in [0.29, 0.717) is 5.75 Å². The van der Waals surface area contributed by atoms with Crippen LogP contribution in [-0.2, 0) is 19.1 Å². The summed E-state index contributed by atoms with van der Waals surface area (Å²) in [5, 5.41) is 2.92. The van der Waals surface area contributed by atoms with Crippen LogP contribution in [0.3, 0.4) is 0 Å². The highest BCUT2D eigenvalue weighted by molar-refractivity contribution is 9.09. The molecule has 166 valence electrons. The monoisotopic (exact) mass is 511 g/mol. The zero-order valence-electron chi connectivity index (χ0n) is 17.9. The van der Waals surface area contributed by atoms with Gasteiger partial charge in [0.15, 0.2) is 0 Å². The normalized spacial score (nSPS) is 12.1. The second kappa shape index (κ2) is 11.9. The topological polar surface area (TPSA) is 55.4 Å². The summed E-state index contributed by atoms with van der Waals surface area (Å²) in [7, 11) is 0. The number of ether oxygens (including phenoxy) is 1. The Morgan fingerprint density at radius 1 is 0.875 bits per heavy atom. The van der Waals surface area contributed by atoms with Crippen LogP contribution in [0.4, 0.5) is 0 Å². The molecule has 1 N–H and O–H groups in total. The zero-order valence-corrected chi connectivity index (χ0v) is 20.3. The van der Waals surface area contributed by atoms with E-state index in [1.165, 1.54) is 0 Å². The molecule has 0 fully saturated rings. The fraction of sp³-hybridized carbons (Fsp3) is 0.231. The van der Waals surface area contributed by atoms with Crippen molar-refractivity contribution < 1.29 is 14.3 Å². The number of alkyl halides is 1. The summed E-state index contributed by atoms with van der Waals surface area (Å²) in [5.74, 6) is -0.346. The number of esters is 1. The molecular weight excluding hydrogens is 486 g/mol. The largest absolute Gasteiger partial charge is 0.464 e. The molecule has 0 bridgehead atoms. The first-order valence-corrected chi connectivity index (χ1v) is 12.5. The van der Waals surface area contributed by atoms with Crippen LogP contribution in [0.25, 0.3) is 0 Å². The number of carbonyl (C=O) groups excluding carboxylic acids is 2. The summed E-state index contributed by atoms with van der Waals surface area (Å²) < 4.78 is 4.67. The van der Waals surface area contributed by atoms with Gasteiger partial charge in [-0.1, -0.05) is 107 Å². The van der Waals surface area contributed by atoms with Crippen LogP contribution in [-0.4, -0.2) is 35.6 Å². The number of nitrogens with one attached hydrogen (secondary N) is 1. The average Bonchev–Trinajstić information content (AvgIpc) is 2.85. The smallest absolute Gasteiger partial charge is 0.329 e. The molecule has 0 saturated heterocycles. The van der Waals surface area contributed by atoms with Crippen molar-refractivity contribution in [1.29, 1.82) is 0 Å². The maximum Gasteiger partial charge on any atom is 0.329 e. The van der Waals surface area contributed by atoms with Gasteiger partial charge in [0.05, 0.1) is 16.7 Å². The lowest BCUT2D eigenvalue weighted by Gasteiger charge is -2.36. The molecule has 0 aliphatic rings. The maximum absolute atomic E-state index is 12.7. The number of thioether (sulfide) groups is 1. The predicted octanol–water partition coefficient (Wildman–Crippen LogP) is 5.15. The number of carbonyl (C=O) groups is 2. The molecule has 0 heterocycles. The van der Waals surface area contributed by atoms with Crippen molar-refractivity contribution in [3.8, 4) is 0 Å². The Morgan fingerprint density at radius 3 is 1.69 bits per heavy atom. The third kappa shape index (κ3) is 5.61. The Morgan fingerprint density at radius 2 is 1.31 bits per heavy atom. The Bertz CT molecular complexity index is 903. The quantitative estimate of drug-likeness (QED) is 0.232. The molecule has 0 saturated carbocycles. The zero-order chi connectivity index (χ0) is 22.8. The van der Waals surface area contributed by atoms with Gasteiger partial charge in [0.25, 0.3) is 0 Å². The summed E-state index contributed by atoms with van der Waals surface area (Å²) >= 11 is 4.77. The Balaban J connectivity index is 2.09. The van der Waals surface area contributed by atoms with Gasteiger partial charge < -0.3 is 10.1 Å². The van der Waals surface area contributed by atoms with E-state index in [0.717, 1.165) is 16.7 Å². The summed E-state index contributed by atoms with van der Waals surface area (Å²) in [5.41, 5.74) is 3.28. The van der Waals surface area contributed by atoms with Crippen molar-refractivity contribution in [2.24, 2.45) is 0 Å². The van der Waals surface area contributed by atoms with Gasteiger partial charge in [-0.25, -0.2) is 4.79 Å². The van der Waals surface area contributed by atoms with Crippen molar-refractivity contribution in [2.75, 3.05) is 17.7 Å². The molecule has 3 rings (SSSR count). The molecule has 3 aromatic carbocycles. The van der Waals surface area contributed by atoms with Gasteiger partial charge in [0.2, 0.25) is 5.91 Å². The molecule has 1 unspecified atom stereocenters. The van der Waals surface area contributed by atoms with E-state index >= 15 is 0 Å². The fourth-order valence-corrected chi connectivity index (χ4v) is 5.33. The highest BCUT2D eigenvalue weighted by Crippen LogP contribution is 2.48. The van der Waals surface area contributed by atoms with Gasteiger partial charge in [0, 0.05) is 5.75 Å². The van der Waals surface area contributed by atoms with Crippen LogP contribution >= 0.6 is 27.7 Å². The van der Waals surface area contributed by atoms with E-state index in [9.17, 15) is 9.59 Å². The van der Waals surface area contributed by atoms with E-state index < -0.39 is 16.8 Å². The molecule has 0 aliphatic heterocycles. The van der Waals surface area contributed by atoms with Gasteiger partial charge in [0.1, 0.15) is 6.04 Å². The van der Waals surface area contributed by atoms with Crippen LogP contribution in [0.1, 0.15) is 23.6 Å². The van der Waals surface area contributed by atoms with Crippen molar-refractivity contribution in [1.82, 2.24) is 5.32 Å². The fourth-order valence-electron chi connectivity index (χ4n) is 3.62. The summed E-state index contributed by atoms with van der Waals surface area (Å²) in [6, 6.07) is 29.9. The first-order chi connectivity index (χ1) is 15.6. The molecular formula is C26H26BrNO3S. The highest BCUT2D eigenvalue weighted by atomic mass is 79.9. The molecule has 3 aromatic rings. The number of amides is 1. The minimum atomic E-state index is -0.763. The first kappa shape index (κ1) is 24.1. The van der Waals surface area contributed by atoms with Gasteiger partial charge in [-0.2, -0.15) is 0 Å². The van der Waals surface area contributed by atoms with Gasteiger partial charge in [-0.3, -0.25) is 4.79 Å². The molecule has 0 radical (unpaired) electrons. The predicted molar refractivity (Wildman–Crippen MR) is 134 cm³/mol. The number of hydrogen-bond acceptors (Lipinski definition) is 4. The van der Waals surface area contributed by atoms with E-state index in [4.69, 9.17) is 4.74 Å². The Labute approximate surface area is 201 Å². The molecule has 0 aromatic heterocycles. The SMILES string of the molecule is CCOC(=O)C(CSC(c1ccccc1)(c1ccccc1)c1ccccc1)NC(=O)CBr. The Hall–Kier alpha value is -2.57. The molecule has 1 atom stereocenters. The lowest BCUT2D eigenvalue weighted by atomic mass is 9.84. The van der Waals surface area contributed by atoms with Crippen molar-refractivity contribution in [3.63, 3.8) is 0 Å². The van der Waals surface area contributed by atoms with Gasteiger partial charge in [-0.05, 0) is 23.6 Å². The molecule has 6 heteroatoms. The van der Waals surface area contributed by atoms with E-state index in [1.54, 1.807) is 18.7 Å². The minimum absolute atomic E-state index is 0.120. The van der Waals surface area contributed by atoms with Crippen molar-refractivity contribution in [3.05, 3.63) is 108 Å². The third-order valence-electron chi connectivity index (χ3n) is 5.04. The minimum Gasteiger partial charge on any atom is -0.464 e. The second-order valence-electron chi connectivity index (χ2n) is 7.10. The summed E-state index contributed by atoms with van der Waals surface area (Å²) in [4.78, 5) is 24.7. The molecule has 32 heavy (non-hydrogen) atoms. The lowest BCUT2D eigenvalue weighted by Crippen LogP contribution is -2.45. The number of benzene rings is 3. The molecule has 0 aliphatic carbocycles. The number of rotatable bonds is 10. The standard InChI is InChI=1S/C26H26BrNO3S/c1-2-31-25(30)23(28-24(29)18-27)19-32-26(20-12-6-3-7-13-20,21-14-8-4-9-15-21)22-16-10-5-11-17-22/h3-17,23H,2,18-19H2,1H3,(H,28,29). The lowest BCUT2D eigenvalue weighted by molar-refractivity contribution is -0.146. The van der Waals surface area contributed by atoms with E-state index in [-0.39, 0.29) is 17.8 Å². The number of hydrogen-bond donors (Lipinski definition) is 1. The maximum atomic E-state index is 12.7. The van der Waals surface area contributed by atoms with Gasteiger partial charge in [-0.15, -0.1) is 11.8 Å². The van der Waals surface area contributed by atoms with Crippen molar-refractivity contribution >= 4 is 39.6 Å². The van der Waals surface area contributed by atoms with Crippen LogP contribution in [0.15, 0.2) is 91.0 Å². The van der Waals surface area contributed by atoms with Crippen LogP contribution in [0, 0.1) is 0 Å².